The number of hydrogen-bond donors (Lipinski definition) is 2. The van der Waals surface area contributed by atoms with E-state index in [1.165, 1.54) is 0 Å². The third-order valence-corrected chi connectivity index (χ3v) is 1.65. The second-order valence-corrected chi connectivity index (χ2v) is 3.04. The first-order valence-corrected chi connectivity index (χ1v) is 4.11. The summed E-state index contributed by atoms with van der Waals surface area (Å²) >= 11 is 3.29. The van der Waals surface area contributed by atoms with Crippen molar-refractivity contribution in [2.45, 2.75) is 0 Å². The van der Waals surface area contributed by atoms with E-state index in [-0.39, 0.29) is 0 Å². The van der Waals surface area contributed by atoms with Gasteiger partial charge in [0.15, 0.2) is 5.96 Å². The molecule has 1 aromatic heterocycles. The summed E-state index contributed by atoms with van der Waals surface area (Å²) in [5.74, 6) is 0.370. The molecule has 0 aromatic carbocycles. The van der Waals surface area contributed by atoms with Crippen LogP contribution >= 0.6 is 15.9 Å². The third kappa shape index (κ3) is 2.50. The topological polar surface area (TPSA) is 63.3 Å². The first-order valence-electron chi connectivity index (χ1n) is 3.32. The van der Waals surface area contributed by atoms with Crippen molar-refractivity contribution in [3.8, 4) is 0 Å². The summed E-state index contributed by atoms with van der Waals surface area (Å²) in [5, 5.41) is 2.87. The Hall–Kier alpha value is -1.10. The lowest BCUT2D eigenvalue weighted by atomic mass is 10.4. The van der Waals surface area contributed by atoms with E-state index in [2.05, 4.69) is 31.2 Å². The Kier molecular flexibility index (Phi) is 3.04. The van der Waals surface area contributed by atoms with Crippen LogP contribution in [0.1, 0.15) is 0 Å². The maximum atomic E-state index is 5.45. The first kappa shape index (κ1) is 8.99. The summed E-state index contributed by atoms with van der Waals surface area (Å²) in [6, 6.07) is 1.87. The van der Waals surface area contributed by atoms with Crippen LogP contribution in [0.5, 0.6) is 0 Å². The molecule has 1 heterocycles. The van der Waals surface area contributed by atoms with E-state index >= 15 is 0 Å². The minimum Gasteiger partial charge on any atom is -0.370 e. The molecule has 4 nitrogen and oxygen atoms in total. The zero-order chi connectivity index (χ0) is 8.97. The van der Waals surface area contributed by atoms with Gasteiger partial charge in [-0.3, -0.25) is 9.98 Å². The quantitative estimate of drug-likeness (QED) is 0.561. The highest BCUT2D eigenvalue weighted by Crippen LogP contribution is 2.12. The Morgan fingerprint density at radius 3 is 3.00 bits per heavy atom. The molecular formula is C7H9BrN4. The molecule has 64 valence electrons. The highest BCUT2D eigenvalue weighted by atomic mass is 79.9. The molecule has 0 saturated heterocycles. The number of nitrogens with one attached hydrogen (secondary N) is 1. The SMILES string of the molecule is CN=C(N)Nc1cncc(Br)c1. The van der Waals surface area contributed by atoms with E-state index in [0.29, 0.717) is 5.96 Å². The molecule has 3 N–H and O–H groups in total. The number of guanidine groups is 1. The fourth-order valence-corrected chi connectivity index (χ4v) is 1.05. The van der Waals surface area contributed by atoms with E-state index < -0.39 is 0 Å². The fourth-order valence-electron chi connectivity index (χ4n) is 0.684. The second-order valence-electron chi connectivity index (χ2n) is 2.13. The van der Waals surface area contributed by atoms with Gasteiger partial charge in [-0.15, -0.1) is 0 Å². The molecule has 0 aliphatic rings. The molecule has 12 heavy (non-hydrogen) atoms. The van der Waals surface area contributed by atoms with Crippen LogP contribution in [-0.2, 0) is 0 Å². The van der Waals surface area contributed by atoms with Gasteiger partial charge < -0.3 is 11.1 Å². The van der Waals surface area contributed by atoms with Crippen LogP contribution in [0, 0.1) is 0 Å². The molecule has 0 aliphatic heterocycles. The van der Waals surface area contributed by atoms with E-state index in [1.54, 1.807) is 19.4 Å². The average Bonchev–Trinajstić information content (AvgIpc) is 2.04. The average molecular weight is 229 g/mol. The van der Waals surface area contributed by atoms with E-state index in [4.69, 9.17) is 5.73 Å². The van der Waals surface area contributed by atoms with Crippen molar-refractivity contribution in [1.82, 2.24) is 4.98 Å². The van der Waals surface area contributed by atoms with E-state index in [0.717, 1.165) is 10.2 Å². The van der Waals surface area contributed by atoms with Crippen LogP contribution in [0.2, 0.25) is 0 Å². The van der Waals surface area contributed by atoms with Gasteiger partial charge in [-0.1, -0.05) is 0 Å². The number of halogens is 1. The highest BCUT2D eigenvalue weighted by molar-refractivity contribution is 9.10. The van der Waals surface area contributed by atoms with Crippen molar-refractivity contribution in [2.75, 3.05) is 12.4 Å². The number of aromatic nitrogens is 1. The molecule has 5 heteroatoms. The standard InChI is InChI=1S/C7H9BrN4/c1-10-7(9)12-6-2-5(8)3-11-4-6/h2-4H,1H3,(H3,9,10,12). The van der Waals surface area contributed by atoms with Gasteiger partial charge in [0.1, 0.15) is 0 Å². The van der Waals surface area contributed by atoms with Crippen LogP contribution in [0.4, 0.5) is 5.69 Å². The van der Waals surface area contributed by atoms with Gasteiger partial charge >= 0.3 is 0 Å². The zero-order valence-electron chi connectivity index (χ0n) is 6.58. The summed E-state index contributed by atoms with van der Waals surface area (Å²) < 4.78 is 0.899. The molecule has 1 rings (SSSR count). The molecule has 0 bridgehead atoms. The number of hydrogen-bond acceptors (Lipinski definition) is 2. The van der Waals surface area contributed by atoms with Crippen LogP contribution < -0.4 is 11.1 Å². The Bertz CT molecular complexity index is 297. The van der Waals surface area contributed by atoms with Gasteiger partial charge in [-0.25, -0.2) is 0 Å². The summed E-state index contributed by atoms with van der Waals surface area (Å²) in [5.41, 5.74) is 6.26. The Morgan fingerprint density at radius 2 is 2.42 bits per heavy atom. The Balaban J connectivity index is 2.76. The lowest BCUT2D eigenvalue weighted by Crippen LogP contribution is -2.21. The van der Waals surface area contributed by atoms with E-state index in [9.17, 15) is 0 Å². The minimum absolute atomic E-state index is 0.370. The summed E-state index contributed by atoms with van der Waals surface area (Å²) in [6.45, 7) is 0. The molecule has 0 spiro atoms. The minimum atomic E-state index is 0.370. The fraction of sp³-hybridized carbons (Fsp3) is 0.143. The van der Waals surface area contributed by atoms with E-state index in [1.807, 2.05) is 6.07 Å². The Morgan fingerprint density at radius 1 is 1.67 bits per heavy atom. The smallest absolute Gasteiger partial charge is 0.192 e. The van der Waals surface area contributed by atoms with Gasteiger partial charge in [0.2, 0.25) is 0 Å². The predicted octanol–water partition coefficient (Wildman–Crippen LogP) is 1.20. The highest BCUT2D eigenvalue weighted by Gasteiger charge is 1.94. The van der Waals surface area contributed by atoms with Gasteiger partial charge in [0.05, 0.1) is 11.9 Å². The number of nitrogens with zero attached hydrogens (tertiary/aromatic N) is 2. The normalized spacial score (nSPS) is 11.3. The molecule has 0 fully saturated rings. The van der Waals surface area contributed by atoms with Gasteiger partial charge in [0.25, 0.3) is 0 Å². The summed E-state index contributed by atoms with van der Waals surface area (Å²) in [4.78, 5) is 7.71. The van der Waals surface area contributed by atoms with Crippen LogP contribution in [0.15, 0.2) is 27.9 Å². The second kappa shape index (κ2) is 4.06. The lowest BCUT2D eigenvalue weighted by molar-refractivity contribution is 1.30. The van der Waals surface area contributed by atoms with Crippen molar-refractivity contribution in [2.24, 2.45) is 10.7 Å². The van der Waals surface area contributed by atoms with Crippen molar-refractivity contribution in [1.29, 1.82) is 0 Å². The van der Waals surface area contributed by atoms with Crippen molar-refractivity contribution >= 4 is 27.6 Å². The summed E-state index contributed by atoms with van der Waals surface area (Å²) in [7, 11) is 1.62. The molecule has 0 aliphatic carbocycles. The molecule has 0 atom stereocenters. The number of anilines is 1. The van der Waals surface area contributed by atoms with Crippen molar-refractivity contribution < 1.29 is 0 Å². The maximum Gasteiger partial charge on any atom is 0.192 e. The molecule has 1 aromatic rings. The largest absolute Gasteiger partial charge is 0.370 e. The number of pyridine rings is 1. The van der Waals surface area contributed by atoms with Crippen molar-refractivity contribution in [3.63, 3.8) is 0 Å². The van der Waals surface area contributed by atoms with Gasteiger partial charge in [-0.2, -0.15) is 0 Å². The number of nitrogens with two attached hydrogens (primary N) is 1. The maximum absolute atomic E-state index is 5.45. The summed E-state index contributed by atoms with van der Waals surface area (Å²) in [6.07, 6.45) is 3.37. The van der Waals surface area contributed by atoms with Crippen LogP contribution in [0.3, 0.4) is 0 Å². The number of rotatable bonds is 1. The number of aliphatic imine (C=N–C) groups is 1. The van der Waals surface area contributed by atoms with Crippen molar-refractivity contribution in [3.05, 3.63) is 22.9 Å². The Labute approximate surface area is 79.0 Å². The molecule has 0 saturated carbocycles. The molecule has 0 amide bonds. The third-order valence-electron chi connectivity index (χ3n) is 1.22. The lowest BCUT2D eigenvalue weighted by Gasteiger charge is -2.03. The van der Waals surface area contributed by atoms with Gasteiger partial charge in [0, 0.05) is 17.7 Å². The van der Waals surface area contributed by atoms with Gasteiger partial charge in [-0.05, 0) is 22.0 Å². The monoisotopic (exact) mass is 228 g/mol. The van der Waals surface area contributed by atoms with Crippen LogP contribution in [0.25, 0.3) is 0 Å². The van der Waals surface area contributed by atoms with Crippen LogP contribution in [-0.4, -0.2) is 18.0 Å². The first-order chi connectivity index (χ1) is 5.72. The molecule has 0 unspecified atom stereocenters. The molecule has 0 radical (unpaired) electrons. The zero-order valence-corrected chi connectivity index (χ0v) is 8.17. The predicted molar refractivity (Wildman–Crippen MR) is 53.1 cm³/mol. The molecular weight excluding hydrogens is 220 g/mol.